The molecule has 3 heterocycles. The molecule has 3 amide bonds. The smallest absolute Gasteiger partial charge is 0.414 e. The first-order chi connectivity index (χ1) is 14.9. The maximum atomic E-state index is 12.3. The van der Waals surface area contributed by atoms with E-state index in [4.69, 9.17) is 16.3 Å². The molecule has 31 heavy (non-hydrogen) atoms. The Hall–Kier alpha value is -3.11. The summed E-state index contributed by atoms with van der Waals surface area (Å²) in [5, 5.41) is 8.36. The van der Waals surface area contributed by atoms with Gasteiger partial charge in [0.2, 0.25) is 6.41 Å². The highest BCUT2D eigenvalue weighted by molar-refractivity contribution is 7.18. The second kappa shape index (κ2) is 8.94. The number of amidine groups is 1. The number of nitrogens with one attached hydrogen (secondary N) is 1. The van der Waals surface area contributed by atoms with Crippen LogP contribution in [-0.2, 0) is 9.53 Å². The Morgan fingerprint density at radius 1 is 1.23 bits per heavy atom. The number of amides is 3. The number of hydrogen-bond acceptors (Lipinski definition) is 7. The van der Waals surface area contributed by atoms with Gasteiger partial charge in [-0.1, -0.05) is 11.6 Å². The topological polar surface area (TPSA) is 94.6 Å². The molecule has 0 bridgehead atoms. The van der Waals surface area contributed by atoms with Crippen molar-refractivity contribution in [2.45, 2.75) is 13.0 Å². The van der Waals surface area contributed by atoms with Gasteiger partial charge in [-0.2, -0.15) is 5.10 Å². The van der Waals surface area contributed by atoms with Gasteiger partial charge >= 0.3 is 6.09 Å². The summed E-state index contributed by atoms with van der Waals surface area (Å²) in [5.41, 5.74) is 1.62. The summed E-state index contributed by atoms with van der Waals surface area (Å²) in [6, 6.07) is 10.8. The Balaban J connectivity index is 1.36. The number of halogens is 1. The lowest BCUT2D eigenvalue weighted by atomic mass is 10.2. The quantitative estimate of drug-likeness (QED) is 0.667. The molecule has 11 heteroatoms. The summed E-state index contributed by atoms with van der Waals surface area (Å²) in [6.07, 6.45) is -0.196. The molecule has 9 nitrogen and oxygen atoms in total. The number of hydrogen-bond donors (Lipinski definition) is 1. The molecule has 0 saturated carbocycles. The summed E-state index contributed by atoms with van der Waals surface area (Å²) in [7, 11) is 0. The number of carbonyl (C=O) groups is 3. The van der Waals surface area contributed by atoms with E-state index < -0.39 is 12.2 Å². The van der Waals surface area contributed by atoms with Gasteiger partial charge in [0.05, 0.1) is 28.8 Å². The highest BCUT2D eigenvalue weighted by Gasteiger charge is 2.32. The van der Waals surface area contributed by atoms with Crippen LogP contribution in [0.3, 0.4) is 0 Å². The Kier molecular flexibility index (Phi) is 6.10. The first-order valence-corrected chi connectivity index (χ1v) is 10.8. The van der Waals surface area contributed by atoms with Gasteiger partial charge in [0, 0.05) is 17.9 Å². The SMILES string of the molecule is CC1=NN(C=O)CCN1c1ccc(N2C[C@H](CNC(=O)c3ccc(Cl)s3)OC2=O)cc1. The molecule has 2 aliphatic heterocycles. The molecular weight excluding hydrogens is 442 g/mol. The predicted octanol–water partition coefficient (Wildman–Crippen LogP) is 2.77. The van der Waals surface area contributed by atoms with Crippen molar-refractivity contribution in [2.24, 2.45) is 5.10 Å². The van der Waals surface area contributed by atoms with Gasteiger partial charge in [0.25, 0.3) is 5.91 Å². The molecule has 2 aromatic rings. The fourth-order valence-corrected chi connectivity index (χ4v) is 4.39. The van der Waals surface area contributed by atoms with E-state index in [9.17, 15) is 14.4 Å². The van der Waals surface area contributed by atoms with Gasteiger partial charge < -0.3 is 15.0 Å². The molecule has 1 saturated heterocycles. The molecule has 4 rings (SSSR count). The van der Waals surface area contributed by atoms with E-state index >= 15 is 0 Å². The monoisotopic (exact) mass is 461 g/mol. The third kappa shape index (κ3) is 4.64. The molecule has 0 unspecified atom stereocenters. The number of thiophene rings is 1. The zero-order valence-corrected chi connectivity index (χ0v) is 18.2. The minimum atomic E-state index is -0.455. The van der Waals surface area contributed by atoms with Crippen LogP contribution in [0.5, 0.6) is 0 Å². The van der Waals surface area contributed by atoms with Crippen molar-refractivity contribution in [1.29, 1.82) is 0 Å². The van der Waals surface area contributed by atoms with Crippen molar-refractivity contribution in [3.63, 3.8) is 0 Å². The fourth-order valence-electron chi connectivity index (χ4n) is 3.43. The average molecular weight is 462 g/mol. The second-order valence-corrected chi connectivity index (χ2v) is 8.73. The van der Waals surface area contributed by atoms with Crippen molar-refractivity contribution in [2.75, 3.05) is 36.0 Å². The van der Waals surface area contributed by atoms with Gasteiger partial charge in [0.15, 0.2) is 0 Å². The lowest BCUT2D eigenvalue weighted by molar-refractivity contribution is -0.118. The molecule has 1 fully saturated rings. The van der Waals surface area contributed by atoms with E-state index in [-0.39, 0.29) is 12.5 Å². The summed E-state index contributed by atoms with van der Waals surface area (Å²) < 4.78 is 5.93. The van der Waals surface area contributed by atoms with Crippen LogP contribution >= 0.6 is 22.9 Å². The minimum Gasteiger partial charge on any atom is -0.442 e. The highest BCUT2D eigenvalue weighted by atomic mass is 35.5. The molecule has 0 radical (unpaired) electrons. The average Bonchev–Trinajstić information content (AvgIpc) is 3.37. The van der Waals surface area contributed by atoms with Crippen LogP contribution in [-0.4, -0.2) is 61.5 Å². The van der Waals surface area contributed by atoms with E-state index in [1.54, 1.807) is 12.1 Å². The summed E-state index contributed by atoms with van der Waals surface area (Å²) in [4.78, 5) is 39.4. The lowest BCUT2D eigenvalue weighted by Crippen LogP contribution is -2.42. The molecule has 1 aromatic heterocycles. The van der Waals surface area contributed by atoms with E-state index in [0.717, 1.165) is 11.5 Å². The van der Waals surface area contributed by atoms with Gasteiger partial charge in [-0.25, -0.2) is 9.80 Å². The molecule has 1 aromatic carbocycles. The minimum absolute atomic E-state index is 0.214. The van der Waals surface area contributed by atoms with Crippen LogP contribution in [0.1, 0.15) is 16.6 Å². The molecule has 1 atom stereocenters. The number of ether oxygens (including phenoxy) is 1. The van der Waals surface area contributed by atoms with Crippen LogP contribution in [0.4, 0.5) is 16.2 Å². The standard InChI is InChI=1S/C20H20ClN5O4S/c1-13-23-24(12-27)8-9-25(13)14-2-4-15(5-3-14)26-11-16(30-20(26)29)10-22-19(28)17-6-7-18(21)31-17/h2-7,12,16H,8-11H2,1H3,(H,22,28)/t16-/m0/s1. The Morgan fingerprint density at radius 2 is 1.94 bits per heavy atom. The zero-order chi connectivity index (χ0) is 22.0. The van der Waals surface area contributed by atoms with Crippen molar-refractivity contribution in [3.8, 4) is 0 Å². The van der Waals surface area contributed by atoms with Crippen LogP contribution in [0.25, 0.3) is 0 Å². The van der Waals surface area contributed by atoms with Gasteiger partial charge in [-0.05, 0) is 43.3 Å². The van der Waals surface area contributed by atoms with Crippen molar-refractivity contribution in [1.82, 2.24) is 10.3 Å². The molecule has 2 aliphatic rings. The summed E-state index contributed by atoms with van der Waals surface area (Å²) in [6.45, 7) is 3.53. The lowest BCUT2D eigenvalue weighted by Gasteiger charge is -2.31. The van der Waals surface area contributed by atoms with Crippen molar-refractivity contribution in [3.05, 3.63) is 45.6 Å². The molecule has 1 N–H and O–H groups in total. The van der Waals surface area contributed by atoms with E-state index in [1.807, 2.05) is 36.1 Å². The van der Waals surface area contributed by atoms with Crippen LogP contribution in [0.15, 0.2) is 41.5 Å². The van der Waals surface area contributed by atoms with Crippen molar-refractivity contribution >= 4 is 58.6 Å². The number of hydrazone groups is 1. The first-order valence-electron chi connectivity index (χ1n) is 9.61. The highest BCUT2D eigenvalue weighted by Crippen LogP contribution is 2.26. The third-order valence-corrected chi connectivity index (χ3v) is 6.20. The fraction of sp³-hybridized carbons (Fsp3) is 0.300. The number of rotatable bonds is 6. The Morgan fingerprint density at radius 3 is 2.55 bits per heavy atom. The number of carbonyl (C=O) groups excluding carboxylic acids is 3. The maximum absolute atomic E-state index is 12.3. The number of cyclic esters (lactones) is 1. The number of anilines is 2. The molecule has 0 spiro atoms. The van der Waals surface area contributed by atoms with Gasteiger partial charge in [-0.3, -0.25) is 14.5 Å². The Bertz CT molecular complexity index is 1020. The van der Waals surface area contributed by atoms with Crippen LogP contribution in [0, 0.1) is 0 Å². The van der Waals surface area contributed by atoms with E-state index in [2.05, 4.69) is 10.4 Å². The van der Waals surface area contributed by atoms with Gasteiger partial charge in [-0.15, -0.1) is 11.3 Å². The molecular formula is C20H20ClN5O4S. The normalized spacial score (nSPS) is 18.6. The zero-order valence-electron chi connectivity index (χ0n) is 16.7. The largest absolute Gasteiger partial charge is 0.442 e. The van der Waals surface area contributed by atoms with Crippen LogP contribution < -0.4 is 15.1 Å². The summed E-state index contributed by atoms with van der Waals surface area (Å²) >= 11 is 7.05. The first kappa shape index (κ1) is 21.1. The van der Waals surface area contributed by atoms with Crippen LogP contribution in [0.2, 0.25) is 4.34 Å². The molecule has 0 aliphatic carbocycles. The second-order valence-electron chi connectivity index (χ2n) is 7.01. The van der Waals surface area contributed by atoms with Gasteiger partial charge in [0.1, 0.15) is 11.9 Å². The third-order valence-electron chi connectivity index (χ3n) is 4.97. The summed E-state index contributed by atoms with van der Waals surface area (Å²) in [5.74, 6) is 0.469. The number of nitrogens with zero attached hydrogens (tertiary/aromatic N) is 4. The molecule has 162 valence electrons. The number of benzene rings is 1. The predicted molar refractivity (Wildman–Crippen MR) is 119 cm³/mol. The van der Waals surface area contributed by atoms with E-state index in [1.165, 1.54) is 21.2 Å². The maximum Gasteiger partial charge on any atom is 0.414 e. The van der Waals surface area contributed by atoms with E-state index in [0.29, 0.717) is 40.9 Å². The Labute approximate surface area is 187 Å². The van der Waals surface area contributed by atoms with Crippen molar-refractivity contribution < 1.29 is 19.1 Å².